The summed E-state index contributed by atoms with van der Waals surface area (Å²) in [6.07, 6.45) is 1.63. The number of nitrogens with two attached hydrogens (primary N) is 1. The highest BCUT2D eigenvalue weighted by Gasteiger charge is 2.23. The van der Waals surface area contributed by atoms with Gasteiger partial charge in [-0.15, -0.1) is 0 Å². The fraction of sp³-hybridized carbons (Fsp3) is 0.333. The van der Waals surface area contributed by atoms with Crippen LogP contribution in [0.15, 0.2) is 59.5 Å². The van der Waals surface area contributed by atoms with Gasteiger partial charge in [-0.1, -0.05) is 29.8 Å². The van der Waals surface area contributed by atoms with E-state index in [9.17, 15) is 18.5 Å². The van der Waals surface area contributed by atoms with Crippen LogP contribution in [0.5, 0.6) is 11.5 Å². The maximum Gasteiger partial charge on any atom is 0.292 e. The normalized spacial score (nSPS) is 14.9. The van der Waals surface area contributed by atoms with Gasteiger partial charge in [-0.2, -0.15) is 0 Å². The van der Waals surface area contributed by atoms with Gasteiger partial charge in [0, 0.05) is 37.8 Å². The lowest BCUT2D eigenvalue weighted by atomic mass is 10.0. The quantitative estimate of drug-likeness (QED) is 0.312. The molecule has 10 heteroatoms. The number of piperidine rings is 1. The Morgan fingerprint density at radius 1 is 1.03 bits per heavy atom. The minimum atomic E-state index is -3.71. The molecule has 0 spiro atoms. The van der Waals surface area contributed by atoms with Crippen LogP contribution in [-0.4, -0.2) is 37.4 Å². The van der Waals surface area contributed by atoms with Gasteiger partial charge in [-0.3, -0.25) is 15.0 Å². The van der Waals surface area contributed by atoms with Crippen molar-refractivity contribution >= 4 is 21.4 Å². The minimum absolute atomic E-state index is 0.0158. The SMILES string of the molecule is Cc1cc(C)c(Oc2ccc([N+](=O)[O-])c(NC3CCN(Cc4ccc(S(N)(=O)=O)cc4)CC3)c2)c(C)c1. The molecule has 0 unspecified atom stereocenters. The first kappa shape index (κ1) is 26.6. The topological polar surface area (TPSA) is 128 Å². The fourth-order valence-corrected chi connectivity index (χ4v) is 5.31. The number of primary sulfonamides is 1. The fourth-order valence-electron chi connectivity index (χ4n) is 4.80. The lowest BCUT2D eigenvalue weighted by Crippen LogP contribution is -2.38. The summed E-state index contributed by atoms with van der Waals surface area (Å²) in [5, 5.41) is 20.2. The summed E-state index contributed by atoms with van der Waals surface area (Å²) in [5.74, 6) is 1.30. The number of nitrogens with one attached hydrogen (secondary N) is 1. The summed E-state index contributed by atoms with van der Waals surface area (Å²) in [7, 11) is -3.71. The van der Waals surface area contributed by atoms with Crippen molar-refractivity contribution in [2.75, 3.05) is 18.4 Å². The van der Waals surface area contributed by atoms with Gasteiger partial charge >= 0.3 is 0 Å². The Hall–Kier alpha value is -3.47. The Kier molecular flexibility index (Phi) is 7.82. The molecule has 1 heterocycles. The van der Waals surface area contributed by atoms with Crippen LogP contribution in [-0.2, 0) is 16.6 Å². The standard InChI is InChI=1S/C27H32N4O5S/c1-18-14-19(2)27(20(3)15-18)36-23-6-9-26(31(32)33)25(16-23)29-22-10-12-30(13-11-22)17-21-4-7-24(8-5-21)37(28,34)35/h4-9,14-16,22,29H,10-13,17H2,1-3H3,(H2,28,34,35). The van der Waals surface area contributed by atoms with Gasteiger partial charge in [-0.05, 0) is 68.5 Å². The van der Waals surface area contributed by atoms with Gasteiger partial charge in [0.05, 0.1) is 9.82 Å². The van der Waals surface area contributed by atoms with Crippen molar-refractivity contribution < 1.29 is 18.1 Å². The van der Waals surface area contributed by atoms with E-state index >= 15 is 0 Å². The summed E-state index contributed by atoms with van der Waals surface area (Å²) >= 11 is 0. The van der Waals surface area contributed by atoms with Gasteiger partial charge in [0.15, 0.2) is 0 Å². The van der Waals surface area contributed by atoms with Crippen LogP contribution in [0.3, 0.4) is 0 Å². The number of likely N-dealkylation sites (tertiary alicyclic amines) is 1. The van der Waals surface area contributed by atoms with E-state index in [2.05, 4.69) is 22.3 Å². The van der Waals surface area contributed by atoms with Crippen molar-refractivity contribution in [1.82, 2.24) is 4.90 Å². The van der Waals surface area contributed by atoms with Crippen molar-refractivity contribution in [2.45, 2.75) is 51.1 Å². The Morgan fingerprint density at radius 3 is 2.22 bits per heavy atom. The van der Waals surface area contributed by atoms with Crippen molar-refractivity contribution in [3.63, 3.8) is 0 Å². The number of nitro benzene ring substituents is 1. The number of hydrogen-bond acceptors (Lipinski definition) is 7. The van der Waals surface area contributed by atoms with Crippen molar-refractivity contribution in [2.24, 2.45) is 5.14 Å². The average Bonchev–Trinajstić information content (AvgIpc) is 2.82. The molecule has 0 atom stereocenters. The molecule has 1 aliphatic rings. The first-order valence-corrected chi connectivity index (χ1v) is 13.7. The first-order chi connectivity index (χ1) is 17.5. The molecule has 3 N–H and O–H groups in total. The maximum atomic E-state index is 11.7. The summed E-state index contributed by atoms with van der Waals surface area (Å²) in [5.41, 5.74) is 4.64. The Morgan fingerprint density at radius 2 is 1.65 bits per heavy atom. The Labute approximate surface area is 217 Å². The summed E-state index contributed by atoms with van der Waals surface area (Å²) in [6, 6.07) is 15.6. The number of anilines is 1. The molecule has 0 amide bonds. The number of rotatable bonds is 8. The van der Waals surface area contributed by atoms with E-state index in [1.54, 1.807) is 24.3 Å². The van der Waals surface area contributed by atoms with Gasteiger partial charge in [0.25, 0.3) is 5.69 Å². The second-order valence-electron chi connectivity index (χ2n) is 9.65. The lowest BCUT2D eigenvalue weighted by Gasteiger charge is -2.32. The molecule has 3 aromatic rings. The number of benzene rings is 3. The molecule has 0 radical (unpaired) electrons. The third kappa shape index (κ3) is 6.65. The van der Waals surface area contributed by atoms with Crippen LogP contribution in [0.1, 0.15) is 35.1 Å². The van der Waals surface area contributed by atoms with Crippen LogP contribution >= 0.6 is 0 Å². The molecule has 1 saturated heterocycles. The predicted molar refractivity (Wildman–Crippen MR) is 144 cm³/mol. The van der Waals surface area contributed by atoms with Crippen molar-refractivity contribution in [3.8, 4) is 11.5 Å². The number of ether oxygens (including phenoxy) is 1. The van der Waals surface area contributed by atoms with Gasteiger partial charge in [-0.25, -0.2) is 13.6 Å². The van der Waals surface area contributed by atoms with Crippen molar-refractivity contribution in [1.29, 1.82) is 0 Å². The molecule has 0 aliphatic carbocycles. The van der Waals surface area contributed by atoms with E-state index in [4.69, 9.17) is 9.88 Å². The Balaban J connectivity index is 1.41. The molecule has 0 saturated carbocycles. The number of hydrogen-bond donors (Lipinski definition) is 2. The third-order valence-corrected chi connectivity index (χ3v) is 7.52. The van der Waals surface area contributed by atoms with Gasteiger partial charge < -0.3 is 10.1 Å². The first-order valence-electron chi connectivity index (χ1n) is 12.1. The summed E-state index contributed by atoms with van der Waals surface area (Å²) in [4.78, 5) is 13.7. The van der Waals surface area contributed by atoms with E-state index in [1.807, 2.05) is 20.8 Å². The second kappa shape index (κ2) is 10.9. The second-order valence-corrected chi connectivity index (χ2v) is 11.2. The smallest absolute Gasteiger partial charge is 0.292 e. The lowest BCUT2D eigenvalue weighted by molar-refractivity contribution is -0.384. The van der Waals surface area contributed by atoms with E-state index < -0.39 is 10.0 Å². The van der Waals surface area contributed by atoms with Crippen LogP contribution in [0.25, 0.3) is 0 Å². The maximum absolute atomic E-state index is 11.7. The molecule has 1 aliphatic heterocycles. The predicted octanol–water partition coefficient (Wildman–Crippen LogP) is 5.04. The zero-order valence-corrected chi connectivity index (χ0v) is 22.0. The third-order valence-electron chi connectivity index (χ3n) is 6.59. The monoisotopic (exact) mass is 524 g/mol. The zero-order chi connectivity index (χ0) is 26.7. The minimum Gasteiger partial charge on any atom is -0.457 e. The van der Waals surface area contributed by atoms with Crippen LogP contribution in [0, 0.1) is 30.9 Å². The van der Waals surface area contributed by atoms with Crippen LogP contribution in [0.4, 0.5) is 11.4 Å². The largest absolute Gasteiger partial charge is 0.457 e. The molecule has 196 valence electrons. The average molecular weight is 525 g/mol. The molecule has 0 aromatic heterocycles. The van der Waals surface area contributed by atoms with Crippen molar-refractivity contribution in [3.05, 3.63) is 87.0 Å². The molecule has 0 bridgehead atoms. The highest BCUT2D eigenvalue weighted by Crippen LogP contribution is 2.35. The van der Waals surface area contributed by atoms with E-state index in [0.29, 0.717) is 18.0 Å². The molecule has 4 rings (SSSR count). The van der Waals surface area contributed by atoms with Gasteiger partial charge in [0.2, 0.25) is 10.0 Å². The highest BCUT2D eigenvalue weighted by molar-refractivity contribution is 7.89. The highest BCUT2D eigenvalue weighted by atomic mass is 32.2. The van der Waals surface area contributed by atoms with Gasteiger partial charge in [0.1, 0.15) is 17.2 Å². The van der Waals surface area contributed by atoms with Crippen LogP contribution < -0.4 is 15.2 Å². The molecule has 1 fully saturated rings. The molecule has 3 aromatic carbocycles. The number of nitro groups is 1. The van der Waals surface area contributed by atoms with E-state index in [-0.39, 0.29) is 21.5 Å². The molecule has 9 nitrogen and oxygen atoms in total. The summed E-state index contributed by atoms with van der Waals surface area (Å²) in [6.45, 7) is 8.31. The molecular weight excluding hydrogens is 492 g/mol. The van der Waals surface area contributed by atoms with E-state index in [1.165, 1.54) is 18.2 Å². The Bertz CT molecular complexity index is 1380. The number of aryl methyl sites for hydroxylation is 3. The molecular formula is C27H32N4O5S. The number of nitrogens with zero attached hydrogens (tertiary/aromatic N) is 2. The summed E-state index contributed by atoms with van der Waals surface area (Å²) < 4.78 is 29.1. The zero-order valence-electron chi connectivity index (χ0n) is 21.2. The van der Waals surface area contributed by atoms with Crippen LogP contribution in [0.2, 0.25) is 0 Å². The number of sulfonamides is 1. The van der Waals surface area contributed by atoms with E-state index in [0.717, 1.165) is 53.9 Å². The molecule has 37 heavy (non-hydrogen) atoms.